The maximum atomic E-state index is 13.7. The molecule has 0 heterocycles. The topological polar surface area (TPSA) is 46.5 Å². The maximum Gasteiger partial charge on any atom is 0.303 e. The zero-order valence-corrected chi connectivity index (χ0v) is 11.0. The molecule has 0 radical (unpaired) electrons. The quantitative estimate of drug-likeness (QED) is 0.847. The van der Waals surface area contributed by atoms with E-state index < -0.39 is 5.97 Å². The molecule has 0 aromatic heterocycles. The number of carbonyl (C=O) groups is 1. The third kappa shape index (κ3) is 4.35. The molecular weight excluding hydrogens is 235 g/mol. The Morgan fingerprint density at radius 2 is 2.11 bits per heavy atom. The molecule has 1 aromatic carbocycles. The summed E-state index contributed by atoms with van der Waals surface area (Å²) >= 11 is 0. The van der Waals surface area contributed by atoms with Gasteiger partial charge in [-0.25, -0.2) is 4.39 Å². The Bertz CT molecular complexity index is 427. The Morgan fingerprint density at radius 3 is 2.61 bits per heavy atom. The number of hydrogen-bond donors (Lipinski definition) is 1. The number of rotatable bonds is 6. The van der Waals surface area contributed by atoms with E-state index in [4.69, 9.17) is 9.84 Å². The average molecular weight is 254 g/mol. The fourth-order valence-corrected chi connectivity index (χ4v) is 1.83. The summed E-state index contributed by atoms with van der Waals surface area (Å²) in [6.45, 7) is 3.76. The number of aliphatic carboxylic acids is 1. The van der Waals surface area contributed by atoms with E-state index in [1.54, 1.807) is 12.1 Å². The van der Waals surface area contributed by atoms with Crippen LogP contribution in [0.5, 0.6) is 5.75 Å². The highest BCUT2D eigenvalue weighted by molar-refractivity contribution is 5.67. The summed E-state index contributed by atoms with van der Waals surface area (Å²) in [6.07, 6.45) is 1.24. The molecule has 1 rings (SSSR count). The van der Waals surface area contributed by atoms with E-state index in [2.05, 4.69) is 0 Å². The van der Waals surface area contributed by atoms with E-state index in [9.17, 15) is 9.18 Å². The highest BCUT2D eigenvalue weighted by Crippen LogP contribution is 2.28. The minimum Gasteiger partial charge on any atom is -0.497 e. The molecule has 100 valence electrons. The van der Waals surface area contributed by atoms with Gasteiger partial charge in [0.05, 0.1) is 13.5 Å². The lowest BCUT2D eigenvalue weighted by Crippen LogP contribution is -2.17. The Labute approximate surface area is 107 Å². The van der Waals surface area contributed by atoms with Crippen molar-refractivity contribution in [2.45, 2.75) is 33.1 Å². The van der Waals surface area contributed by atoms with Crippen LogP contribution in [0.3, 0.4) is 0 Å². The van der Waals surface area contributed by atoms with Crippen LogP contribution in [0.15, 0.2) is 18.2 Å². The van der Waals surface area contributed by atoms with Crippen molar-refractivity contribution in [3.63, 3.8) is 0 Å². The monoisotopic (exact) mass is 254 g/mol. The van der Waals surface area contributed by atoms with Crippen molar-refractivity contribution in [2.75, 3.05) is 7.11 Å². The summed E-state index contributed by atoms with van der Waals surface area (Å²) in [7, 11) is 1.49. The van der Waals surface area contributed by atoms with Gasteiger partial charge in [0, 0.05) is 6.07 Å². The molecule has 0 atom stereocenters. The van der Waals surface area contributed by atoms with Gasteiger partial charge in [0.25, 0.3) is 0 Å². The third-order valence-electron chi connectivity index (χ3n) is 2.96. The van der Waals surface area contributed by atoms with Crippen molar-refractivity contribution in [1.82, 2.24) is 0 Å². The second-order valence-corrected chi connectivity index (χ2v) is 5.19. The van der Waals surface area contributed by atoms with Crippen LogP contribution in [0.1, 0.15) is 32.3 Å². The highest BCUT2D eigenvalue weighted by Gasteiger charge is 2.22. The van der Waals surface area contributed by atoms with Crippen molar-refractivity contribution in [2.24, 2.45) is 5.41 Å². The van der Waals surface area contributed by atoms with Gasteiger partial charge in [-0.3, -0.25) is 4.79 Å². The summed E-state index contributed by atoms with van der Waals surface area (Å²) in [6, 6.07) is 4.74. The number of carboxylic acid groups (broad SMARTS) is 1. The maximum absolute atomic E-state index is 13.7. The smallest absolute Gasteiger partial charge is 0.303 e. The molecule has 1 N–H and O–H groups in total. The van der Waals surface area contributed by atoms with E-state index in [1.165, 1.54) is 13.2 Å². The first-order valence-electron chi connectivity index (χ1n) is 5.88. The van der Waals surface area contributed by atoms with Crippen molar-refractivity contribution in [3.8, 4) is 5.75 Å². The van der Waals surface area contributed by atoms with E-state index in [-0.39, 0.29) is 17.7 Å². The SMILES string of the molecule is COc1ccc(CCC(C)(C)CC(=O)O)c(F)c1. The van der Waals surface area contributed by atoms with E-state index in [0.717, 1.165) is 0 Å². The molecule has 18 heavy (non-hydrogen) atoms. The minimum atomic E-state index is -0.824. The number of ether oxygens (including phenoxy) is 1. The van der Waals surface area contributed by atoms with Crippen LogP contribution in [0.4, 0.5) is 4.39 Å². The molecule has 0 fully saturated rings. The van der Waals surface area contributed by atoms with Crippen molar-refractivity contribution in [3.05, 3.63) is 29.6 Å². The standard InChI is InChI=1S/C14H19FO3/c1-14(2,9-13(16)17)7-6-10-4-5-11(18-3)8-12(10)15/h4-5,8H,6-7,9H2,1-3H3,(H,16,17). The van der Waals surface area contributed by atoms with Crippen molar-refractivity contribution < 1.29 is 19.0 Å². The number of methoxy groups -OCH3 is 1. The summed E-state index contributed by atoms with van der Waals surface area (Å²) in [5, 5.41) is 8.78. The molecule has 0 aliphatic carbocycles. The summed E-state index contributed by atoms with van der Waals surface area (Å²) in [5.74, 6) is -0.642. The van der Waals surface area contributed by atoms with Gasteiger partial charge >= 0.3 is 5.97 Å². The fraction of sp³-hybridized carbons (Fsp3) is 0.500. The Morgan fingerprint density at radius 1 is 1.44 bits per heavy atom. The number of hydrogen-bond acceptors (Lipinski definition) is 2. The molecule has 0 aliphatic rings. The van der Waals surface area contributed by atoms with Crippen LogP contribution in [0.2, 0.25) is 0 Å². The Balaban J connectivity index is 2.66. The van der Waals surface area contributed by atoms with Gasteiger partial charge in [-0.05, 0) is 29.9 Å². The predicted molar refractivity (Wildman–Crippen MR) is 67.3 cm³/mol. The lowest BCUT2D eigenvalue weighted by molar-refractivity contribution is -0.139. The van der Waals surface area contributed by atoms with Crippen LogP contribution < -0.4 is 4.74 Å². The van der Waals surface area contributed by atoms with Gasteiger partial charge in [-0.2, -0.15) is 0 Å². The van der Waals surface area contributed by atoms with Gasteiger partial charge < -0.3 is 9.84 Å². The summed E-state index contributed by atoms with van der Waals surface area (Å²) in [4.78, 5) is 10.7. The summed E-state index contributed by atoms with van der Waals surface area (Å²) in [5.41, 5.74) is 0.257. The van der Waals surface area contributed by atoms with E-state index in [1.807, 2.05) is 13.8 Å². The number of aryl methyl sites for hydroxylation is 1. The Kier molecular flexibility index (Phi) is 4.70. The second-order valence-electron chi connectivity index (χ2n) is 5.19. The molecule has 0 spiro atoms. The zero-order chi connectivity index (χ0) is 13.8. The molecule has 3 nitrogen and oxygen atoms in total. The Hall–Kier alpha value is -1.58. The van der Waals surface area contributed by atoms with Crippen LogP contribution in [-0.4, -0.2) is 18.2 Å². The molecule has 0 bridgehead atoms. The van der Waals surface area contributed by atoms with Gasteiger partial charge in [0.1, 0.15) is 11.6 Å². The fourth-order valence-electron chi connectivity index (χ4n) is 1.83. The van der Waals surface area contributed by atoms with Gasteiger partial charge in [-0.1, -0.05) is 19.9 Å². The first kappa shape index (κ1) is 14.5. The molecule has 4 heteroatoms. The number of benzene rings is 1. The lowest BCUT2D eigenvalue weighted by Gasteiger charge is -2.22. The van der Waals surface area contributed by atoms with Crippen molar-refractivity contribution in [1.29, 1.82) is 0 Å². The predicted octanol–water partition coefficient (Wildman–Crippen LogP) is 3.27. The first-order chi connectivity index (χ1) is 8.34. The number of halogens is 1. The van der Waals surface area contributed by atoms with Crippen LogP contribution in [0, 0.1) is 11.2 Å². The first-order valence-corrected chi connectivity index (χ1v) is 5.88. The largest absolute Gasteiger partial charge is 0.497 e. The molecular formula is C14H19FO3. The second kappa shape index (κ2) is 5.85. The van der Waals surface area contributed by atoms with E-state index >= 15 is 0 Å². The van der Waals surface area contributed by atoms with Gasteiger partial charge in [-0.15, -0.1) is 0 Å². The molecule has 0 aliphatic heterocycles. The molecule has 0 saturated heterocycles. The molecule has 0 unspecified atom stereocenters. The van der Waals surface area contributed by atoms with Gasteiger partial charge in [0.15, 0.2) is 0 Å². The van der Waals surface area contributed by atoms with Crippen LogP contribution in [-0.2, 0) is 11.2 Å². The minimum absolute atomic E-state index is 0.0881. The average Bonchev–Trinajstić information content (AvgIpc) is 2.25. The molecule has 0 saturated carbocycles. The van der Waals surface area contributed by atoms with Crippen LogP contribution >= 0.6 is 0 Å². The highest BCUT2D eigenvalue weighted by atomic mass is 19.1. The van der Waals surface area contributed by atoms with Crippen LogP contribution in [0.25, 0.3) is 0 Å². The lowest BCUT2D eigenvalue weighted by atomic mass is 9.83. The summed E-state index contributed by atoms with van der Waals surface area (Å²) < 4.78 is 18.6. The van der Waals surface area contributed by atoms with Gasteiger partial charge in [0.2, 0.25) is 0 Å². The normalized spacial score (nSPS) is 11.3. The number of carboxylic acids is 1. The zero-order valence-electron chi connectivity index (χ0n) is 11.0. The third-order valence-corrected chi connectivity index (χ3v) is 2.96. The van der Waals surface area contributed by atoms with Crippen molar-refractivity contribution >= 4 is 5.97 Å². The molecule has 1 aromatic rings. The molecule has 0 amide bonds. The van der Waals surface area contributed by atoms with E-state index in [0.29, 0.717) is 24.2 Å².